The van der Waals surface area contributed by atoms with E-state index < -0.39 is 0 Å². The number of amides is 1. The molecule has 5 rings (SSSR count). The largest absolute Gasteiger partial charge is 0.384 e. The summed E-state index contributed by atoms with van der Waals surface area (Å²) in [6.45, 7) is 0. The summed E-state index contributed by atoms with van der Waals surface area (Å²) in [5.41, 5.74) is 11.4. The first-order valence-corrected chi connectivity index (χ1v) is 12.0. The van der Waals surface area contributed by atoms with Crippen molar-refractivity contribution in [3.63, 3.8) is 0 Å². The first-order chi connectivity index (χ1) is 17.5. The summed E-state index contributed by atoms with van der Waals surface area (Å²) in [4.78, 5) is 15.3. The van der Waals surface area contributed by atoms with Crippen molar-refractivity contribution in [1.82, 2.24) is 14.7 Å². The Balaban J connectivity index is 1.41. The summed E-state index contributed by atoms with van der Waals surface area (Å²) < 4.78 is 1.67. The Kier molecular flexibility index (Phi) is 6.56. The van der Waals surface area contributed by atoms with Crippen molar-refractivity contribution in [3.05, 3.63) is 137 Å². The topological polar surface area (TPSA) is 64.2 Å². The van der Waals surface area contributed by atoms with Gasteiger partial charge in [-0.1, -0.05) is 84.4 Å². The molecule has 0 unspecified atom stereocenters. The van der Waals surface area contributed by atoms with Gasteiger partial charge in [-0.05, 0) is 47.5 Å². The Morgan fingerprint density at radius 3 is 1.94 bits per heavy atom. The maximum atomic E-state index is 13.5. The van der Waals surface area contributed by atoms with E-state index >= 15 is 0 Å². The standard InChI is InChI=1S/C30H25ClN4O/c1-34(29(22-8-4-2-5-9-22)23-10-6-3-7-11-23)30(36)24-14-18-26(19-15-24)35-28(32)20-27(33-35)21-12-16-25(31)17-13-21/h2-20,29H,32H2,1H3. The van der Waals surface area contributed by atoms with Crippen molar-refractivity contribution in [2.75, 3.05) is 12.8 Å². The zero-order chi connectivity index (χ0) is 25.1. The van der Waals surface area contributed by atoms with E-state index in [9.17, 15) is 4.79 Å². The van der Waals surface area contributed by atoms with Gasteiger partial charge < -0.3 is 10.6 Å². The van der Waals surface area contributed by atoms with Gasteiger partial charge in [0.2, 0.25) is 0 Å². The van der Waals surface area contributed by atoms with Crippen molar-refractivity contribution in [2.24, 2.45) is 0 Å². The third-order valence-corrected chi connectivity index (χ3v) is 6.43. The fourth-order valence-electron chi connectivity index (χ4n) is 4.34. The predicted octanol–water partition coefficient (Wildman–Crippen LogP) is 6.64. The third kappa shape index (κ3) is 4.74. The van der Waals surface area contributed by atoms with E-state index in [1.807, 2.05) is 122 Å². The fourth-order valence-corrected chi connectivity index (χ4v) is 4.47. The number of halogens is 1. The molecule has 1 aromatic heterocycles. The first-order valence-electron chi connectivity index (χ1n) is 11.6. The lowest BCUT2D eigenvalue weighted by Crippen LogP contribution is -2.32. The van der Waals surface area contributed by atoms with Crippen molar-refractivity contribution in [3.8, 4) is 16.9 Å². The number of benzene rings is 4. The Morgan fingerprint density at radius 2 is 1.39 bits per heavy atom. The van der Waals surface area contributed by atoms with Crippen molar-refractivity contribution >= 4 is 23.3 Å². The lowest BCUT2D eigenvalue weighted by molar-refractivity contribution is 0.0755. The highest BCUT2D eigenvalue weighted by atomic mass is 35.5. The van der Waals surface area contributed by atoms with Crippen LogP contribution in [0.1, 0.15) is 27.5 Å². The summed E-state index contributed by atoms with van der Waals surface area (Å²) in [6, 6.07) is 36.5. The number of hydrogen-bond acceptors (Lipinski definition) is 3. The minimum Gasteiger partial charge on any atom is -0.384 e. The van der Waals surface area contributed by atoms with Gasteiger partial charge in [0.1, 0.15) is 5.82 Å². The highest BCUT2D eigenvalue weighted by molar-refractivity contribution is 6.30. The molecule has 0 saturated heterocycles. The normalized spacial score (nSPS) is 11.0. The molecule has 178 valence electrons. The van der Waals surface area contributed by atoms with Crippen molar-refractivity contribution < 1.29 is 4.79 Å². The van der Waals surface area contributed by atoms with Crippen LogP contribution in [0.5, 0.6) is 0 Å². The summed E-state index contributed by atoms with van der Waals surface area (Å²) in [7, 11) is 1.84. The molecule has 0 spiro atoms. The van der Waals surface area contributed by atoms with Gasteiger partial charge in [0, 0.05) is 29.3 Å². The quantitative estimate of drug-likeness (QED) is 0.289. The minimum atomic E-state index is -0.205. The molecule has 5 nitrogen and oxygen atoms in total. The lowest BCUT2D eigenvalue weighted by atomic mass is 9.97. The smallest absolute Gasteiger partial charge is 0.254 e. The maximum Gasteiger partial charge on any atom is 0.254 e. The Bertz CT molecular complexity index is 1420. The molecule has 1 heterocycles. The average molecular weight is 493 g/mol. The number of nitrogen functional groups attached to an aromatic ring is 1. The first kappa shape index (κ1) is 23.4. The van der Waals surface area contributed by atoms with Crippen LogP contribution in [0.25, 0.3) is 16.9 Å². The molecule has 6 heteroatoms. The van der Waals surface area contributed by atoms with Gasteiger partial charge in [-0.3, -0.25) is 4.79 Å². The predicted molar refractivity (Wildman–Crippen MR) is 145 cm³/mol. The number of carbonyl (C=O) groups excluding carboxylic acids is 1. The third-order valence-electron chi connectivity index (χ3n) is 6.17. The average Bonchev–Trinajstić information content (AvgIpc) is 3.31. The van der Waals surface area contributed by atoms with E-state index in [-0.39, 0.29) is 11.9 Å². The number of hydrogen-bond donors (Lipinski definition) is 1. The van der Waals surface area contributed by atoms with Crippen LogP contribution in [-0.4, -0.2) is 27.6 Å². The molecule has 0 aliphatic rings. The van der Waals surface area contributed by atoms with Crippen LogP contribution in [0.3, 0.4) is 0 Å². The zero-order valence-corrected chi connectivity index (χ0v) is 20.5. The van der Waals surface area contributed by atoms with E-state index in [0.29, 0.717) is 16.4 Å². The van der Waals surface area contributed by atoms with Crippen LogP contribution in [0, 0.1) is 0 Å². The summed E-state index contributed by atoms with van der Waals surface area (Å²) >= 11 is 6.00. The molecule has 4 aromatic carbocycles. The van der Waals surface area contributed by atoms with Gasteiger partial charge in [0.05, 0.1) is 17.4 Å². The van der Waals surface area contributed by atoms with Gasteiger partial charge in [-0.2, -0.15) is 5.10 Å². The SMILES string of the molecule is CN(C(=O)c1ccc(-n2nc(-c3ccc(Cl)cc3)cc2N)cc1)C(c1ccccc1)c1ccccc1. The molecule has 0 aliphatic heterocycles. The second kappa shape index (κ2) is 10.1. The fraction of sp³-hybridized carbons (Fsp3) is 0.0667. The number of carbonyl (C=O) groups is 1. The Morgan fingerprint density at radius 1 is 0.833 bits per heavy atom. The van der Waals surface area contributed by atoms with Gasteiger partial charge in [-0.25, -0.2) is 4.68 Å². The van der Waals surface area contributed by atoms with Crippen LogP contribution in [0.15, 0.2) is 115 Å². The van der Waals surface area contributed by atoms with Crippen LogP contribution < -0.4 is 5.73 Å². The molecule has 1 amide bonds. The monoisotopic (exact) mass is 492 g/mol. The molecule has 0 saturated carbocycles. The van der Waals surface area contributed by atoms with Crippen LogP contribution in [0.4, 0.5) is 5.82 Å². The highest BCUT2D eigenvalue weighted by Crippen LogP contribution is 2.29. The Hall–Kier alpha value is -4.35. The van der Waals surface area contributed by atoms with E-state index in [4.69, 9.17) is 17.3 Å². The molecule has 0 aliphatic carbocycles. The number of rotatable bonds is 6. The lowest BCUT2D eigenvalue weighted by Gasteiger charge is -2.29. The summed E-state index contributed by atoms with van der Waals surface area (Å²) in [5, 5.41) is 5.32. The minimum absolute atomic E-state index is 0.0745. The molecule has 36 heavy (non-hydrogen) atoms. The molecular formula is C30H25ClN4O. The van der Waals surface area contributed by atoms with Crippen molar-refractivity contribution in [1.29, 1.82) is 0 Å². The van der Waals surface area contributed by atoms with Crippen LogP contribution in [-0.2, 0) is 0 Å². The van der Waals surface area contributed by atoms with Gasteiger partial charge in [0.15, 0.2) is 0 Å². The highest BCUT2D eigenvalue weighted by Gasteiger charge is 2.24. The molecule has 0 fully saturated rings. The zero-order valence-electron chi connectivity index (χ0n) is 19.8. The van der Waals surface area contributed by atoms with E-state index in [0.717, 1.165) is 28.1 Å². The van der Waals surface area contributed by atoms with E-state index in [1.54, 1.807) is 9.58 Å². The summed E-state index contributed by atoms with van der Waals surface area (Å²) in [5.74, 6) is 0.430. The number of nitrogens with zero attached hydrogens (tertiary/aromatic N) is 3. The molecule has 5 aromatic rings. The van der Waals surface area contributed by atoms with Gasteiger partial charge in [0.25, 0.3) is 5.91 Å². The van der Waals surface area contributed by atoms with E-state index in [1.165, 1.54) is 0 Å². The van der Waals surface area contributed by atoms with Gasteiger partial charge >= 0.3 is 0 Å². The van der Waals surface area contributed by atoms with E-state index in [2.05, 4.69) is 5.10 Å². The molecule has 0 radical (unpaired) electrons. The Labute approximate surface area is 215 Å². The number of nitrogens with two attached hydrogens (primary N) is 1. The second-order valence-corrected chi connectivity index (χ2v) is 9.00. The second-order valence-electron chi connectivity index (χ2n) is 8.56. The molecule has 0 atom stereocenters. The van der Waals surface area contributed by atoms with Gasteiger partial charge in [-0.15, -0.1) is 0 Å². The van der Waals surface area contributed by atoms with Crippen LogP contribution in [0.2, 0.25) is 5.02 Å². The number of anilines is 1. The van der Waals surface area contributed by atoms with Crippen molar-refractivity contribution in [2.45, 2.75) is 6.04 Å². The number of aromatic nitrogens is 2. The molecule has 2 N–H and O–H groups in total. The molecular weight excluding hydrogens is 468 g/mol. The summed E-state index contributed by atoms with van der Waals surface area (Å²) in [6.07, 6.45) is 0. The van der Waals surface area contributed by atoms with Crippen LogP contribution >= 0.6 is 11.6 Å². The maximum absolute atomic E-state index is 13.5. The molecule has 0 bridgehead atoms.